The Morgan fingerprint density at radius 2 is 1.97 bits per heavy atom. The minimum absolute atomic E-state index is 0.574. The Balaban J connectivity index is 1.45. The predicted octanol–water partition coefficient (Wildman–Crippen LogP) is 6.01. The second-order valence-corrected chi connectivity index (χ2v) is 7.14. The van der Waals surface area contributed by atoms with Crippen LogP contribution in [-0.4, -0.2) is 23.3 Å². The van der Waals surface area contributed by atoms with Crippen molar-refractivity contribution < 1.29 is 13.9 Å². The largest absolute Gasteiger partial charge is 0.493 e. The van der Waals surface area contributed by atoms with Gasteiger partial charge >= 0.3 is 0 Å². The molecule has 0 aliphatic carbocycles. The molecule has 0 amide bonds. The van der Waals surface area contributed by atoms with Gasteiger partial charge in [-0.2, -0.15) is 0 Å². The molecule has 2 heterocycles. The Labute approximate surface area is 182 Å². The summed E-state index contributed by atoms with van der Waals surface area (Å²) in [6.45, 7) is 5.15. The highest BCUT2D eigenvalue weighted by molar-refractivity contribution is 5.79. The number of fused-ring (bicyclic) bond motifs is 1. The van der Waals surface area contributed by atoms with Crippen LogP contribution in [-0.2, 0) is 13.0 Å². The Bertz CT molecular complexity index is 1170. The molecule has 0 atom stereocenters. The first-order valence-electron chi connectivity index (χ1n) is 10.4. The average Bonchev–Trinajstić information content (AvgIpc) is 3.44. The quantitative estimate of drug-likeness (QED) is 0.236. The molecule has 31 heavy (non-hydrogen) atoms. The molecule has 0 unspecified atom stereocenters. The molecule has 4 aromatic rings. The molecule has 0 saturated carbocycles. The van der Waals surface area contributed by atoms with E-state index in [0.29, 0.717) is 6.61 Å². The number of para-hydroxylation sites is 2. The first-order valence-corrected chi connectivity index (χ1v) is 10.4. The number of nitrogens with zero attached hydrogens (tertiary/aromatic N) is 2. The van der Waals surface area contributed by atoms with Crippen LogP contribution in [0.2, 0.25) is 0 Å². The summed E-state index contributed by atoms with van der Waals surface area (Å²) in [5, 5.41) is 0. The molecular weight excluding hydrogens is 388 g/mol. The summed E-state index contributed by atoms with van der Waals surface area (Å²) in [5.41, 5.74) is 3.23. The van der Waals surface area contributed by atoms with Crippen molar-refractivity contribution in [3.8, 4) is 11.5 Å². The van der Waals surface area contributed by atoms with Crippen molar-refractivity contribution in [1.82, 2.24) is 9.55 Å². The van der Waals surface area contributed by atoms with E-state index in [1.807, 2.05) is 66.8 Å². The summed E-state index contributed by atoms with van der Waals surface area (Å²) >= 11 is 0. The highest BCUT2D eigenvalue weighted by atomic mass is 16.5. The number of aromatic nitrogens is 2. The van der Waals surface area contributed by atoms with E-state index in [2.05, 4.69) is 17.2 Å². The molecule has 4 rings (SSSR count). The van der Waals surface area contributed by atoms with E-state index in [1.54, 1.807) is 13.4 Å². The van der Waals surface area contributed by atoms with Gasteiger partial charge in [-0.25, -0.2) is 4.98 Å². The van der Waals surface area contributed by atoms with Gasteiger partial charge in [0, 0.05) is 6.54 Å². The Morgan fingerprint density at radius 1 is 1.06 bits per heavy atom. The molecule has 0 fully saturated rings. The molecule has 0 saturated heterocycles. The van der Waals surface area contributed by atoms with E-state index < -0.39 is 0 Å². The van der Waals surface area contributed by atoms with E-state index in [4.69, 9.17) is 18.9 Å². The van der Waals surface area contributed by atoms with Gasteiger partial charge in [0.05, 0.1) is 31.0 Å². The first kappa shape index (κ1) is 20.5. The normalized spacial score (nSPS) is 11.3. The maximum Gasteiger partial charge on any atom is 0.161 e. The Kier molecular flexibility index (Phi) is 6.53. The molecule has 0 radical (unpaired) electrons. The maximum absolute atomic E-state index is 6.01. The van der Waals surface area contributed by atoms with Gasteiger partial charge in [-0.15, -0.1) is 6.58 Å². The minimum atomic E-state index is 0.574. The van der Waals surface area contributed by atoms with Crippen LogP contribution in [0, 0.1) is 0 Å². The van der Waals surface area contributed by atoms with Crippen LogP contribution in [0.1, 0.15) is 23.6 Å². The third kappa shape index (κ3) is 4.89. The van der Waals surface area contributed by atoms with Crippen LogP contribution in [0.5, 0.6) is 11.5 Å². The molecule has 0 aliphatic rings. The van der Waals surface area contributed by atoms with Crippen LogP contribution in [0.4, 0.5) is 0 Å². The number of rotatable bonds is 10. The summed E-state index contributed by atoms with van der Waals surface area (Å²) in [7, 11) is 1.66. The summed E-state index contributed by atoms with van der Waals surface area (Å²) in [6.07, 6.45) is 9.10. The first-order chi connectivity index (χ1) is 15.3. The lowest BCUT2D eigenvalue weighted by Crippen LogP contribution is -2.06. The number of aryl methyl sites for hydroxylation is 1. The fourth-order valence-electron chi connectivity index (χ4n) is 3.53. The molecular formula is C26H26N2O3. The standard InChI is InChI=1S/C26H26N2O3/c1-3-8-20-12-14-24(25(19-20)29-2)31-18-7-16-28-23-11-5-4-10-22(23)27-26(28)15-13-21-9-6-17-30-21/h3-6,9-15,17,19H,1,7-8,16,18H2,2H3/b15-13+. The highest BCUT2D eigenvalue weighted by Crippen LogP contribution is 2.28. The van der Waals surface area contributed by atoms with Crippen LogP contribution in [0.25, 0.3) is 23.2 Å². The fourth-order valence-corrected chi connectivity index (χ4v) is 3.53. The van der Waals surface area contributed by atoms with E-state index in [-0.39, 0.29) is 0 Å². The summed E-state index contributed by atoms with van der Waals surface area (Å²) < 4.78 is 19.1. The smallest absolute Gasteiger partial charge is 0.161 e. The lowest BCUT2D eigenvalue weighted by Gasteiger charge is -2.13. The molecule has 158 valence electrons. The lowest BCUT2D eigenvalue weighted by molar-refractivity contribution is 0.283. The van der Waals surface area contributed by atoms with Crippen LogP contribution in [0.3, 0.4) is 0 Å². The predicted molar refractivity (Wildman–Crippen MR) is 124 cm³/mol. The highest BCUT2D eigenvalue weighted by Gasteiger charge is 2.09. The number of imidazole rings is 1. The van der Waals surface area contributed by atoms with Crippen molar-refractivity contribution in [3.63, 3.8) is 0 Å². The molecule has 5 nitrogen and oxygen atoms in total. The zero-order valence-electron chi connectivity index (χ0n) is 17.7. The molecule has 2 aromatic carbocycles. The van der Waals surface area contributed by atoms with Crippen molar-refractivity contribution in [3.05, 3.63) is 90.7 Å². The van der Waals surface area contributed by atoms with E-state index in [1.165, 1.54) is 0 Å². The van der Waals surface area contributed by atoms with Crippen LogP contribution in [0.15, 0.2) is 77.9 Å². The number of benzene rings is 2. The number of ether oxygens (including phenoxy) is 2. The third-order valence-electron chi connectivity index (χ3n) is 5.02. The van der Waals surface area contributed by atoms with Gasteiger partial charge < -0.3 is 18.5 Å². The molecule has 0 bridgehead atoms. The summed E-state index contributed by atoms with van der Waals surface area (Å²) in [6, 6.07) is 18.0. The van der Waals surface area contributed by atoms with Crippen molar-refractivity contribution in [2.24, 2.45) is 0 Å². The summed E-state index contributed by atoms with van der Waals surface area (Å²) in [4.78, 5) is 4.77. The van der Waals surface area contributed by atoms with Gasteiger partial charge in [-0.1, -0.05) is 24.3 Å². The molecule has 0 spiro atoms. The van der Waals surface area contributed by atoms with Gasteiger partial charge in [0.1, 0.15) is 11.6 Å². The number of furan rings is 1. The van der Waals surface area contributed by atoms with E-state index in [9.17, 15) is 0 Å². The SMILES string of the molecule is C=CCc1ccc(OCCCn2c(/C=C/c3ccco3)nc3ccccc32)c(OC)c1. The second-order valence-electron chi connectivity index (χ2n) is 7.14. The summed E-state index contributed by atoms with van der Waals surface area (Å²) in [5.74, 6) is 3.19. The van der Waals surface area contributed by atoms with Crippen molar-refractivity contribution in [2.75, 3.05) is 13.7 Å². The maximum atomic E-state index is 6.01. The van der Waals surface area contributed by atoms with Crippen molar-refractivity contribution in [1.29, 1.82) is 0 Å². The monoisotopic (exact) mass is 414 g/mol. The molecule has 2 aromatic heterocycles. The molecule has 5 heteroatoms. The number of hydrogen-bond donors (Lipinski definition) is 0. The Morgan fingerprint density at radius 3 is 2.77 bits per heavy atom. The van der Waals surface area contributed by atoms with Crippen LogP contribution < -0.4 is 9.47 Å². The van der Waals surface area contributed by atoms with E-state index >= 15 is 0 Å². The third-order valence-corrected chi connectivity index (χ3v) is 5.02. The van der Waals surface area contributed by atoms with Crippen molar-refractivity contribution in [2.45, 2.75) is 19.4 Å². The second kappa shape index (κ2) is 9.85. The fraction of sp³-hybridized carbons (Fsp3) is 0.192. The average molecular weight is 415 g/mol. The van der Waals surface area contributed by atoms with Gasteiger partial charge in [0.2, 0.25) is 0 Å². The van der Waals surface area contributed by atoms with Gasteiger partial charge in [-0.05, 0) is 67.0 Å². The van der Waals surface area contributed by atoms with Gasteiger partial charge in [0.25, 0.3) is 0 Å². The molecule has 0 aliphatic heterocycles. The Hall–Kier alpha value is -3.73. The zero-order valence-corrected chi connectivity index (χ0v) is 17.7. The zero-order chi connectivity index (χ0) is 21.5. The topological polar surface area (TPSA) is 49.4 Å². The van der Waals surface area contributed by atoms with Gasteiger partial charge in [0.15, 0.2) is 11.5 Å². The van der Waals surface area contributed by atoms with Crippen molar-refractivity contribution >= 4 is 23.2 Å². The number of allylic oxidation sites excluding steroid dienone is 1. The van der Waals surface area contributed by atoms with E-state index in [0.717, 1.165) is 59.1 Å². The molecule has 0 N–H and O–H groups in total. The van der Waals surface area contributed by atoms with Crippen LogP contribution >= 0.6 is 0 Å². The number of methoxy groups -OCH3 is 1. The van der Waals surface area contributed by atoms with Gasteiger partial charge in [-0.3, -0.25) is 0 Å². The lowest BCUT2D eigenvalue weighted by atomic mass is 10.1. The number of hydrogen-bond acceptors (Lipinski definition) is 4. The minimum Gasteiger partial charge on any atom is -0.493 e.